The van der Waals surface area contributed by atoms with E-state index in [4.69, 9.17) is 5.73 Å². The lowest BCUT2D eigenvalue weighted by Crippen LogP contribution is -2.30. The molecule has 1 aliphatic rings. The van der Waals surface area contributed by atoms with Gasteiger partial charge in [-0.2, -0.15) is 0 Å². The molecule has 35 heavy (non-hydrogen) atoms. The lowest BCUT2D eigenvalue weighted by molar-refractivity contribution is -0.120. The zero-order valence-corrected chi connectivity index (χ0v) is 21.6. The van der Waals surface area contributed by atoms with Gasteiger partial charge in [-0.3, -0.25) is 9.59 Å². The highest BCUT2D eigenvalue weighted by atomic mass is 16.2. The van der Waals surface area contributed by atoms with Gasteiger partial charge in [-0.1, -0.05) is 74.9 Å². The monoisotopic (exact) mass is 477 g/mol. The van der Waals surface area contributed by atoms with Gasteiger partial charge in [0.15, 0.2) is 0 Å². The minimum Gasteiger partial charge on any atom is -0.398 e. The molecular weight excluding hydrogens is 438 g/mol. The smallest absolute Gasteiger partial charge is 0.250 e. The van der Waals surface area contributed by atoms with Crippen molar-refractivity contribution in [3.05, 3.63) is 88.1 Å². The van der Waals surface area contributed by atoms with Crippen molar-refractivity contribution in [3.63, 3.8) is 0 Å². The van der Waals surface area contributed by atoms with Crippen LogP contribution in [0.3, 0.4) is 0 Å². The Bertz CT molecular complexity index is 1040. The van der Waals surface area contributed by atoms with Crippen molar-refractivity contribution < 1.29 is 9.59 Å². The summed E-state index contributed by atoms with van der Waals surface area (Å²) in [7, 11) is 1.63. The molecule has 0 saturated carbocycles. The molecule has 3 rings (SSSR count). The SMILES string of the molecule is CC.CC/C(C)=C(\N)c1ccc(CNC(=O)C2=CN(Cc3ccc(CC(=O)NC)cc3)NC2)cc1. The number of hydrogen-bond donors (Lipinski definition) is 4. The number of nitrogens with zero attached hydrogens (tertiary/aromatic N) is 1. The van der Waals surface area contributed by atoms with Gasteiger partial charge in [0.1, 0.15) is 0 Å². The Hall–Kier alpha value is -3.58. The Morgan fingerprint density at radius 2 is 1.60 bits per heavy atom. The standard InChI is InChI=1S/C26H33N5O2.C2H6/c1-4-18(2)25(27)22-11-9-20(10-12-22)14-29-26(33)23-15-30-31(17-23)16-21-7-5-19(6-8-21)13-24(32)28-3;1-2/h5-12,17,30H,4,13-16,27H2,1-3H3,(H,28,32)(H,29,33);1-2H3/b25-18-;. The molecule has 0 spiro atoms. The number of carbonyl (C=O) groups is 2. The van der Waals surface area contributed by atoms with Crippen molar-refractivity contribution in [1.29, 1.82) is 0 Å². The van der Waals surface area contributed by atoms with Gasteiger partial charge >= 0.3 is 0 Å². The number of hydrogen-bond acceptors (Lipinski definition) is 5. The van der Waals surface area contributed by atoms with Crippen LogP contribution in [0.4, 0.5) is 0 Å². The second-order valence-corrected chi connectivity index (χ2v) is 8.21. The molecule has 188 valence electrons. The normalized spacial score (nSPS) is 13.3. The molecule has 0 bridgehead atoms. The summed E-state index contributed by atoms with van der Waals surface area (Å²) >= 11 is 0. The maximum Gasteiger partial charge on any atom is 0.250 e. The van der Waals surface area contributed by atoms with E-state index in [1.54, 1.807) is 7.05 Å². The average molecular weight is 478 g/mol. The third-order valence-corrected chi connectivity index (χ3v) is 5.80. The molecule has 5 N–H and O–H groups in total. The highest BCUT2D eigenvalue weighted by molar-refractivity contribution is 5.94. The Kier molecular flexibility index (Phi) is 11.0. The van der Waals surface area contributed by atoms with E-state index >= 15 is 0 Å². The van der Waals surface area contributed by atoms with Crippen LogP contribution in [-0.2, 0) is 29.1 Å². The van der Waals surface area contributed by atoms with Gasteiger partial charge < -0.3 is 21.4 Å². The summed E-state index contributed by atoms with van der Waals surface area (Å²) in [5, 5.41) is 7.52. The summed E-state index contributed by atoms with van der Waals surface area (Å²) in [6.07, 6.45) is 3.14. The molecule has 2 aromatic carbocycles. The topological polar surface area (TPSA) is 99.5 Å². The van der Waals surface area contributed by atoms with Crippen molar-refractivity contribution in [1.82, 2.24) is 21.1 Å². The molecule has 1 heterocycles. The maximum atomic E-state index is 12.6. The van der Waals surface area contributed by atoms with Crippen molar-refractivity contribution >= 4 is 17.5 Å². The number of hydrazine groups is 1. The zero-order valence-electron chi connectivity index (χ0n) is 21.6. The van der Waals surface area contributed by atoms with Gasteiger partial charge in [0.2, 0.25) is 11.8 Å². The molecule has 0 radical (unpaired) electrons. The molecule has 0 aromatic heterocycles. The van der Waals surface area contributed by atoms with Crippen molar-refractivity contribution in [2.45, 2.75) is 53.6 Å². The van der Waals surface area contributed by atoms with Gasteiger partial charge in [-0.05, 0) is 35.6 Å². The van der Waals surface area contributed by atoms with Gasteiger partial charge in [0.25, 0.3) is 0 Å². The summed E-state index contributed by atoms with van der Waals surface area (Å²) in [4.78, 5) is 24.1. The van der Waals surface area contributed by atoms with E-state index in [-0.39, 0.29) is 11.8 Å². The fraction of sp³-hybridized carbons (Fsp3) is 0.357. The minimum absolute atomic E-state index is 0.00829. The Morgan fingerprint density at radius 3 is 2.20 bits per heavy atom. The number of nitrogens with two attached hydrogens (primary N) is 1. The lowest BCUT2D eigenvalue weighted by atomic mass is 10.0. The van der Waals surface area contributed by atoms with E-state index in [1.165, 1.54) is 5.57 Å². The van der Waals surface area contributed by atoms with Gasteiger partial charge in [0, 0.05) is 37.6 Å². The van der Waals surface area contributed by atoms with Crippen LogP contribution >= 0.6 is 0 Å². The fourth-order valence-corrected chi connectivity index (χ4v) is 3.47. The van der Waals surface area contributed by atoms with Crippen molar-refractivity contribution in [2.75, 3.05) is 13.6 Å². The van der Waals surface area contributed by atoms with E-state index in [0.29, 0.717) is 31.6 Å². The van der Waals surface area contributed by atoms with E-state index in [0.717, 1.165) is 34.4 Å². The third-order valence-electron chi connectivity index (χ3n) is 5.80. The van der Waals surface area contributed by atoms with E-state index < -0.39 is 0 Å². The first-order chi connectivity index (χ1) is 16.9. The minimum atomic E-state index is -0.0868. The van der Waals surface area contributed by atoms with Crippen LogP contribution in [0.25, 0.3) is 5.70 Å². The van der Waals surface area contributed by atoms with Crippen LogP contribution < -0.4 is 21.8 Å². The van der Waals surface area contributed by atoms with Gasteiger partial charge in [-0.15, -0.1) is 0 Å². The number of carbonyl (C=O) groups excluding carboxylic acids is 2. The molecular formula is C28H39N5O2. The van der Waals surface area contributed by atoms with Gasteiger partial charge in [-0.25, -0.2) is 5.43 Å². The highest BCUT2D eigenvalue weighted by Crippen LogP contribution is 2.17. The molecule has 0 aliphatic carbocycles. The molecule has 0 fully saturated rings. The first kappa shape index (κ1) is 27.7. The van der Waals surface area contributed by atoms with Crippen LogP contribution in [-0.4, -0.2) is 30.4 Å². The predicted octanol–water partition coefficient (Wildman–Crippen LogP) is 3.62. The molecule has 7 heteroatoms. The first-order valence-corrected chi connectivity index (χ1v) is 12.2. The molecule has 1 aliphatic heterocycles. The van der Waals surface area contributed by atoms with E-state index in [1.807, 2.05) is 80.5 Å². The van der Waals surface area contributed by atoms with Crippen LogP contribution in [0.1, 0.15) is 56.4 Å². The number of rotatable bonds is 9. The Morgan fingerprint density at radius 1 is 1.00 bits per heavy atom. The fourth-order valence-electron chi connectivity index (χ4n) is 3.47. The number of nitrogens with one attached hydrogen (secondary N) is 3. The predicted molar refractivity (Wildman–Crippen MR) is 143 cm³/mol. The quantitative estimate of drug-likeness (QED) is 0.442. The summed E-state index contributed by atoms with van der Waals surface area (Å²) in [6, 6.07) is 15.9. The Labute approximate surface area is 209 Å². The summed E-state index contributed by atoms with van der Waals surface area (Å²) in [6.45, 7) is 9.70. The number of likely N-dealkylation sites (N-methyl/N-ethyl adjacent to an activating group) is 1. The van der Waals surface area contributed by atoms with Gasteiger partial charge in [0.05, 0.1) is 13.0 Å². The molecule has 7 nitrogen and oxygen atoms in total. The average Bonchev–Trinajstić information content (AvgIpc) is 3.37. The van der Waals surface area contributed by atoms with E-state index in [9.17, 15) is 9.59 Å². The lowest BCUT2D eigenvalue weighted by Gasteiger charge is -2.15. The second-order valence-electron chi connectivity index (χ2n) is 8.21. The Balaban J connectivity index is 0.00000210. The summed E-state index contributed by atoms with van der Waals surface area (Å²) in [5.41, 5.74) is 16.2. The molecule has 2 aromatic rings. The van der Waals surface area contributed by atoms with E-state index in [2.05, 4.69) is 23.0 Å². The van der Waals surface area contributed by atoms with Crippen molar-refractivity contribution in [2.24, 2.45) is 5.73 Å². The molecule has 0 atom stereocenters. The van der Waals surface area contributed by atoms with Crippen LogP contribution in [0.15, 0.2) is 65.9 Å². The highest BCUT2D eigenvalue weighted by Gasteiger charge is 2.18. The molecule has 0 unspecified atom stereocenters. The number of benzene rings is 2. The van der Waals surface area contributed by atoms with Crippen LogP contribution in [0.2, 0.25) is 0 Å². The zero-order chi connectivity index (χ0) is 25.8. The molecule has 0 saturated heterocycles. The largest absolute Gasteiger partial charge is 0.398 e. The third kappa shape index (κ3) is 8.30. The maximum absolute atomic E-state index is 12.6. The van der Waals surface area contributed by atoms with Crippen LogP contribution in [0.5, 0.6) is 0 Å². The first-order valence-electron chi connectivity index (χ1n) is 12.2. The van der Waals surface area contributed by atoms with Crippen LogP contribution in [0, 0.1) is 0 Å². The second kappa shape index (κ2) is 14.0. The molecule has 2 amide bonds. The number of amides is 2. The van der Waals surface area contributed by atoms with Crippen molar-refractivity contribution in [3.8, 4) is 0 Å². The summed E-state index contributed by atoms with van der Waals surface area (Å²) in [5.74, 6) is -0.0951. The number of allylic oxidation sites excluding steroid dienone is 1. The summed E-state index contributed by atoms with van der Waals surface area (Å²) < 4.78 is 0.